The number of nitrogens with one attached hydrogen (secondary N) is 4. The highest BCUT2D eigenvalue weighted by atomic mass is 32.2. The Balaban J connectivity index is 1.36. The second-order valence-corrected chi connectivity index (χ2v) is 12.9. The number of alkyl halides is 3. The van der Waals surface area contributed by atoms with Crippen LogP contribution in [0, 0.1) is 0 Å². The summed E-state index contributed by atoms with van der Waals surface area (Å²) in [6, 6.07) is 18.7. The number of aryl methyl sites for hydroxylation is 1. The number of anilines is 2. The number of rotatable bonds is 11. The van der Waals surface area contributed by atoms with Crippen molar-refractivity contribution in [2.24, 2.45) is 0 Å². The van der Waals surface area contributed by atoms with E-state index in [0.717, 1.165) is 67.4 Å². The first kappa shape index (κ1) is 32.3. The van der Waals surface area contributed by atoms with Gasteiger partial charge in [-0.2, -0.15) is 21.6 Å². The van der Waals surface area contributed by atoms with Gasteiger partial charge in [-0.05, 0) is 54.7 Å². The zero-order valence-corrected chi connectivity index (χ0v) is 25.8. The molecule has 13 heteroatoms. The summed E-state index contributed by atoms with van der Waals surface area (Å²) in [7, 11) is -5.57. The van der Waals surface area contributed by atoms with Crippen molar-refractivity contribution in [3.63, 3.8) is 0 Å². The zero-order valence-electron chi connectivity index (χ0n) is 25.0. The Morgan fingerprint density at radius 1 is 1.00 bits per heavy atom. The number of fused-ring (bicyclic) bond motifs is 1. The van der Waals surface area contributed by atoms with Gasteiger partial charge in [0, 0.05) is 30.3 Å². The van der Waals surface area contributed by atoms with E-state index in [-0.39, 0.29) is 17.8 Å². The monoisotopic (exact) mass is 642 g/mol. The first-order chi connectivity index (χ1) is 21.5. The van der Waals surface area contributed by atoms with Crippen molar-refractivity contribution in [3.8, 4) is 11.1 Å². The van der Waals surface area contributed by atoms with Crippen molar-refractivity contribution >= 4 is 38.5 Å². The smallest absolute Gasteiger partial charge is 0.323 e. The van der Waals surface area contributed by atoms with Gasteiger partial charge in [-0.1, -0.05) is 75.1 Å². The largest absolute Gasteiger partial charge is 0.516 e. The maximum atomic E-state index is 13.0. The molecule has 1 aliphatic carbocycles. The molecule has 4 aromatic rings. The predicted octanol–water partition coefficient (Wildman–Crippen LogP) is 7.31. The molecule has 0 spiro atoms. The van der Waals surface area contributed by atoms with Gasteiger partial charge in [-0.15, -0.1) is 0 Å². The fourth-order valence-corrected chi connectivity index (χ4v) is 6.11. The molecule has 1 heterocycles. The molecule has 2 amide bonds. The van der Waals surface area contributed by atoms with Gasteiger partial charge in [0.05, 0.1) is 16.7 Å². The van der Waals surface area contributed by atoms with E-state index in [0.29, 0.717) is 23.4 Å². The molecule has 4 N–H and O–H groups in total. The quantitative estimate of drug-likeness (QED) is 0.128. The van der Waals surface area contributed by atoms with Crippen LogP contribution in [0.1, 0.15) is 63.3 Å². The highest BCUT2D eigenvalue weighted by Crippen LogP contribution is 2.33. The normalized spacial score (nSPS) is 14.4. The second-order valence-electron chi connectivity index (χ2n) is 11.3. The minimum absolute atomic E-state index is 0.164. The molecule has 0 saturated heterocycles. The third-order valence-electron chi connectivity index (χ3n) is 7.92. The lowest BCUT2D eigenvalue weighted by atomic mass is 9.96. The minimum Gasteiger partial charge on any atom is -0.323 e. The van der Waals surface area contributed by atoms with Crippen molar-refractivity contribution in [3.05, 3.63) is 78.1 Å². The van der Waals surface area contributed by atoms with Crippen molar-refractivity contribution in [2.75, 3.05) is 10.0 Å². The molecule has 1 aliphatic rings. The molecular weight excluding hydrogens is 605 g/mol. The summed E-state index contributed by atoms with van der Waals surface area (Å²) >= 11 is 0. The Bertz CT molecular complexity index is 1730. The van der Waals surface area contributed by atoms with Crippen molar-refractivity contribution in [1.29, 1.82) is 0 Å². The van der Waals surface area contributed by atoms with Gasteiger partial charge in [0.1, 0.15) is 5.82 Å². The van der Waals surface area contributed by atoms with Crippen LogP contribution >= 0.6 is 0 Å². The van der Waals surface area contributed by atoms with E-state index < -0.39 is 15.5 Å². The Morgan fingerprint density at radius 2 is 1.73 bits per heavy atom. The van der Waals surface area contributed by atoms with Gasteiger partial charge >= 0.3 is 21.6 Å². The van der Waals surface area contributed by atoms with E-state index in [2.05, 4.69) is 27.7 Å². The SMILES string of the molecule is CCCCc1nc2ccc(NC(=O)NNC3CCCCC3)cc2n1Cc1ccc(-c2ccccc2NS(=O)(=O)C(F)(F)F)cc1. The van der Waals surface area contributed by atoms with Crippen LogP contribution in [-0.4, -0.2) is 35.6 Å². The lowest BCUT2D eigenvalue weighted by Gasteiger charge is -2.23. The highest BCUT2D eigenvalue weighted by molar-refractivity contribution is 7.93. The topological polar surface area (TPSA) is 117 Å². The minimum atomic E-state index is -5.57. The molecule has 45 heavy (non-hydrogen) atoms. The summed E-state index contributed by atoms with van der Waals surface area (Å²) in [5.74, 6) is 0.906. The molecule has 1 saturated carbocycles. The molecule has 0 bridgehead atoms. The molecule has 240 valence electrons. The average Bonchev–Trinajstić information content (AvgIpc) is 3.35. The van der Waals surface area contributed by atoms with Crippen LogP contribution in [0.3, 0.4) is 0 Å². The van der Waals surface area contributed by atoms with Crippen LogP contribution in [0.25, 0.3) is 22.2 Å². The highest BCUT2D eigenvalue weighted by Gasteiger charge is 2.46. The number of amides is 2. The number of hydrogen-bond acceptors (Lipinski definition) is 5. The molecule has 5 rings (SSSR count). The summed E-state index contributed by atoms with van der Waals surface area (Å²) < 4.78 is 66.3. The number of benzene rings is 3. The number of sulfonamides is 1. The fourth-order valence-electron chi connectivity index (χ4n) is 5.53. The number of carbonyl (C=O) groups excluding carboxylic acids is 1. The number of nitrogens with zero attached hydrogens (tertiary/aromatic N) is 2. The number of aromatic nitrogens is 2. The van der Waals surface area contributed by atoms with E-state index in [1.807, 2.05) is 30.3 Å². The van der Waals surface area contributed by atoms with Gasteiger partial charge in [0.15, 0.2) is 0 Å². The number of unbranched alkanes of at least 4 members (excludes halogenated alkanes) is 1. The van der Waals surface area contributed by atoms with E-state index >= 15 is 0 Å². The lowest BCUT2D eigenvalue weighted by molar-refractivity contribution is -0.0429. The summed E-state index contributed by atoms with van der Waals surface area (Å²) in [5, 5.41) is 2.90. The lowest BCUT2D eigenvalue weighted by Crippen LogP contribution is -2.46. The average molecular weight is 643 g/mol. The van der Waals surface area contributed by atoms with Crippen molar-refractivity contribution in [2.45, 2.75) is 76.4 Å². The van der Waals surface area contributed by atoms with Gasteiger partial charge < -0.3 is 9.88 Å². The number of hydrogen-bond donors (Lipinski definition) is 4. The molecule has 3 aromatic carbocycles. The molecular formula is C32H37F3N6O3S. The maximum Gasteiger partial charge on any atom is 0.516 e. The van der Waals surface area contributed by atoms with Crippen molar-refractivity contribution in [1.82, 2.24) is 20.4 Å². The second kappa shape index (κ2) is 13.9. The third kappa shape index (κ3) is 7.95. The molecule has 0 aliphatic heterocycles. The van der Waals surface area contributed by atoms with Gasteiger partial charge in [-0.25, -0.2) is 15.2 Å². The summed E-state index contributed by atoms with van der Waals surface area (Å²) in [6.07, 6.45) is 8.33. The predicted molar refractivity (Wildman–Crippen MR) is 170 cm³/mol. The summed E-state index contributed by atoms with van der Waals surface area (Å²) in [6.45, 7) is 2.58. The Kier molecular flexibility index (Phi) is 9.98. The third-order valence-corrected chi connectivity index (χ3v) is 9.01. The van der Waals surface area contributed by atoms with E-state index in [9.17, 15) is 26.4 Å². The van der Waals surface area contributed by atoms with Gasteiger partial charge in [0.2, 0.25) is 0 Å². The maximum absolute atomic E-state index is 13.0. The Labute approximate surface area is 260 Å². The first-order valence-electron chi connectivity index (χ1n) is 15.1. The summed E-state index contributed by atoms with van der Waals surface area (Å²) in [4.78, 5) is 17.5. The fraction of sp³-hybridized carbons (Fsp3) is 0.375. The van der Waals surface area contributed by atoms with E-state index in [1.54, 1.807) is 29.0 Å². The number of halogens is 3. The van der Waals surface area contributed by atoms with Crippen LogP contribution in [-0.2, 0) is 23.0 Å². The first-order valence-corrected chi connectivity index (χ1v) is 16.6. The van der Waals surface area contributed by atoms with Crippen LogP contribution in [0.15, 0.2) is 66.7 Å². The Hall–Kier alpha value is -4.10. The van der Waals surface area contributed by atoms with Crippen LogP contribution in [0.4, 0.5) is 29.3 Å². The number of carbonyl (C=O) groups is 1. The zero-order chi connectivity index (χ0) is 32.0. The number of urea groups is 1. The molecule has 9 nitrogen and oxygen atoms in total. The van der Waals surface area contributed by atoms with Gasteiger partial charge in [0.25, 0.3) is 0 Å². The number of imidazole rings is 1. The van der Waals surface area contributed by atoms with E-state index in [1.165, 1.54) is 18.6 Å². The molecule has 1 aromatic heterocycles. The van der Waals surface area contributed by atoms with Crippen LogP contribution < -0.4 is 20.9 Å². The summed E-state index contributed by atoms with van der Waals surface area (Å²) in [5.41, 5.74) is 4.36. The molecule has 0 unspecified atom stereocenters. The Morgan fingerprint density at radius 3 is 2.44 bits per heavy atom. The molecule has 1 fully saturated rings. The van der Waals surface area contributed by atoms with Gasteiger partial charge in [-0.3, -0.25) is 10.1 Å². The van der Waals surface area contributed by atoms with Crippen LogP contribution in [0.2, 0.25) is 0 Å². The van der Waals surface area contributed by atoms with Crippen LogP contribution in [0.5, 0.6) is 0 Å². The van der Waals surface area contributed by atoms with Crippen molar-refractivity contribution < 1.29 is 26.4 Å². The molecule has 0 atom stereocenters. The standard InChI is InChI=1S/C32H37F3N6O3S/c1-2-3-13-30-37-28-19-18-25(36-31(42)39-38-24-9-5-4-6-10-24)20-29(28)41(30)21-22-14-16-23(17-15-22)26-11-7-8-12-27(26)40-45(43,44)32(33,34)35/h7-8,11-12,14-20,24,38,40H,2-6,9-10,13,21H2,1H3,(H2,36,39,42). The molecule has 0 radical (unpaired) electrons. The van der Waals surface area contributed by atoms with E-state index in [4.69, 9.17) is 4.98 Å². The number of hydrazine groups is 1. The number of para-hydroxylation sites is 1.